The molecule has 4 aromatic rings. The summed E-state index contributed by atoms with van der Waals surface area (Å²) >= 11 is 13.2. The van der Waals surface area contributed by atoms with E-state index in [1.54, 1.807) is 54.6 Å². The zero-order valence-corrected chi connectivity index (χ0v) is 29.1. The normalized spacial score (nSPS) is 12.6. The SMILES string of the molecule is CC[C@H](C)NC(=O)[C@H](Cc1ccccc1)N(Cc1c(Cl)cccc1Cl)C(=O)CN(c1cccc(OC)c1)S(=O)(=O)c1ccc(C)cc1. The van der Waals surface area contributed by atoms with E-state index in [9.17, 15) is 18.0 Å². The van der Waals surface area contributed by atoms with Crippen molar-refractivity contribution in [3.8, 4) is 5.75 Å². The van der Waals surface area contributed by atoms with Crippen molar-refractivity contribution in [2.75, 3.05) is 18.0 Å². The van der Waals surface area contributed by atoms with Gasteiger partial charge in [-0.2, -0.15) is 0 Å². The summed E-state index contributed by atoms with van der Waals surface area (Å²) in [6.07, 6.45) is 0.841. The van der Waals surface area contributed by atoms with Gasteiger partial charge in [0.15, 0.2) is 0 Å². The lowest BCUT2D eigenvalue weighted by atomic mass is 10.0. The number of benzene rings is 4. The quantitative estimate of drug-likeness (QED) is 0.152. The number of hydrogen-bond donors (Lipinski definition) is 1. The van der Waals surface area contributed by atoms with Crippen LogP contribution in [-0.4, -0.2) is 50.9 Å². The molecule has 0 radical (unpaired) electrons. The molecule has 0 aromatic heterocycles. The van der Waals surface area contributed by atoms with Gasteiger partial charge in [-0.3, -0.25) is 13.9 Å². The number of sulfonamides is 1. The van der Waals surface area contributed by atoms with Crippen LogP contribution in [0.3, 0.4) is 0 Å². The van der Waals surface area contributed by atoms with Crippen LogP contribution >= 0.6 is 23.2 Å². The van der Waals surface area contributed by atoms with Crippen molar-refractivity contribution in [1.29, 1.82) is 0 Å². The highest BCUT2D eigenvalue weighted by molar-refractivity contribution is 7.92. The van der Waals surface area contributed by atoms with Crippen LogP contribution in [0.25, 0.3) is 0 Å². The average molecular weight is 697 g/mol. The van der Waals surface area contributed by atoms with Crippen molar-refractivity contribution in [1.82, 2.24) is 10.2 Å². The summed E-state index contributed by atoms with van der Waals surface area (Å²) in [6, 6.07) is 26.0. The fraction of sp³-hybridized carbons (Fsp3) is 0.278. The Balaban J connectivity index is 1.85. The topological polar surface area (TPSA) is 96.0 Å². The van der Waals surface area contributed by atoms with E-state index >= 15 is 0 Å². The summed E-state index contributed by atoms with van der Waals surface area (Å²) in [7, 11) is -2.79. The number of carbonyl (C=O) groups is 2. The van der Waals surface area contributed by atoms with Crippen molar-refractivity contribution in [2.24, 2.45) is 0 Å². The summed E-state index contributed by atoms with van der Waals surface area (Å²) in [6.45, 7) is 4.93. The van der Waals surface area contributed by atoms with Gasteiger partial charge >= 0.3 is 0 Å². The summed E-state index contributed by atoms with van der Waals surface area (Å²) in [5.74, 6) is -0.595. The zero-order chi connectivity index (χ0) is 34.1. The number of nitrogens with zero attached hydrogens (tertiary/aromatic N) is 2. The first-order valence-corrected chi connectivity index (χ1v) is 17.4. The van der Waals surface area contributed by atoms with Crippen LogP contribution in [0.4, 0.5) is 5.69 Å². The fourth-order valence-corrected chi connectivity index (χ4v) is 6.90. The third kappa shape index (κ3) is 9.06. The molecule has 0 heterocycles. The van der Waals surface area contributed by atoms with Gasteiger partial charge in [-0.1, -0.05) is 90.3 Å². The van der Waals surface area contributed by atoms with Gasteiger partial charge in [0.2, 0.25) is 11.8 Å². The van der Waals surface area contributed by atoms with Gasteiger partial charge in [0.25, 0.3) is 10.0 Å². The first-order valence-electron chi connectivity index (χ1n) is 15.2. The highest BCUT2D eigenvalue weighted by Gasteiger charge is 2.35. The lowest BCUT2D eigenvalue weighted by molar-refractivity contribution is -0.140. The van der Waals surface area contributed by atoms with Crippen molar-refractivity contribution < 1.29 is 22.7 Å². The maximum absolute atomic E-state index is 14.7. The molecule has 0 fully saturated rings. The van der Waals surface area contributed by atoms with Gasteiger partial charge in [-0.25, -0.2) is 8.42 Å². The molecular weight excluding hydrogens is 657 g/mol. The molecule has 11 heteroatoms. The maximum atomic E-state index is 14.7. The number of rotatable bonds is 14. The fourth-order valence-electron chi connectivity index (χ4n) is 4.98. The molecule has 1 N–H and O–H groups in total. The zero-order valence-electron chi connectivity index (χ0n) is 26.8. The predicted molar refractivity (Wildman–Crippen MR) is 188 cm³/mol. The molecule has 0 aliphatic carbocycles. The molecule has 0 aliphatic rings. The molecular formula is C36H39Cl2N3O5S. The van der Waals surface area contributed by atoms with E-state index in [1.165, 1.54) is 24.1 Å². The van der Waals surface area contributed by atoms with Gasteiger partial charge in [0, 0.05) is 40.7 Å². The number of methoxy groups -OCH3 is 1. The van der Waals surface area contributed by atoms with E-state index in [4.69, 9.17) is 27.9 Å². The smallest absolute Gasteiger partial charge is 0.264 e. The molecule has 4 rings (SSSR count). The van der Waals surface area contributed by atoms with Gasteiger partial charge in [-0.05, 0) is 62.2 Å². The van der Waals surface area contributed by atoms with Crippen molar-refractivity contribution in [2.45, 2.75) is 57.1 Å². The Kier molecular flexibility index (Phi) is 12.3. The second-order valence-corrected chi connectivity index (χ2v) is 13.9. The third-order valence-corrected chi connectivity index (χ3v) is 10.4. The number of hydrogen-bond acceptors (Lipinski definition) is 5. The molecule has 2 atom stereocenters. The number of halogens is 2. The van der Waals surface area contributed by atoms with Crippen LogP contribution in [0.1, 0.15) is 37.0 Å². The minimum absolute atomic E-state index is 0.00904. The molecule has 8 nitrogen and oxygen atoms in total. The minimum Gasteiger partial charge on any atom is -0.497 e. The van der Waals surface area contributed by atoms with Gasteiger partial charge in [-0.15, -0.1) is 0 Å². The summed E-state index contributed by atoms with van der Waals surface area (Å²) in [5.41, 5.74) is 2.36. The number of carbonyl (C=O) groups excluding carboxylic acids is 2. The Morgan fingerprint density at radius 3 is 2.15 bits per heavy atom. The number of amides is 2. The lowest BCUT2D eigenvalue weighted by Gasteiger charge is -2.34. The summed E-state index contributed by atoms with van der Waals surface area (Å²) in [5, 5.41) is 3.64. The second-order valence-electron chi connectivity index (χ2n) is 11.3. The lowest BCUT2D eigenvalue weighted by Crippen LogP contribution is -2.54. The van der Waals surface area contributed by atoms with Crippen LogP contribution in [-0.2, 0) is 32.6 Å². The number of aryl methyl sites for hydroxylation is 1. The Morgan fingerprint density at radius 2 is 1.53 bits per heavy atom. The Hall–Kier alpha value is -4.05. The van der Waals surface area contributed by atoms with E-state index in [-0.39, 0.29) is 35.5 Å². The van der Waals surface area contributed by atoms with Crippen molar-refractivity contribution in [3.63, 3.8) is 0 Å². The highest BCUT2D eigenvalue weighted by Crippen LogP contribution is 2.30. The number of anilines is 1. The molecule has 0 bridgehead atoms. The third-order valence-electron chi connectivity index (χ3n) is 7.89. The van der Waals surface area contributed by atoms with Gasteiger partial charge < -0.3 is 15.0 Å². The van der Waals surface area contributed by atoms with E-state index in [1.807, 2.05) is 51.1 Å². The van der Waals surface area contributed by atoms with Crippen LogP contribution in [0.5, 0.6) is 5.75 Å². The largest absolute Gasteiger partial charge is 0.497 e. The van der Waals surface area contributed by atoms with Crippen LogP contribution < -0.4 is 14.4 Å². The van der Waals surface area contributed by atoms with Crippen LogP contribution in [0.2, 0.25) is 10.0 Å². The number of ether oxygens (including phenoxy) is 1. The molecule has 248 valence electrons. The molecule has 47 heavy (non-hydrogen) atoms. The highest BCUT2D eigenvalue weighted by atomic mass is 35.5. The van der Waals surface area contributed by atoms with Gasteiger partial charge in [0.1, 0.15) is 18.3 Å². The Bertz CT molecular complexity index is 1770. The molecule has 0 saturated heterocycles. The molecule has 0 aliphatic heterocycles. The van der Waals surface area contributed by atoms with E-state index in [2.05, 4.69) is 5.32 Å². The standard InChI is InChI=1S/C36H39Cl2N3O5S/c1-5-26(3)39-36(43)34(21-27-11-7-6-8-12-27)40(23-31-32(37)15-10-16-33(31)38)35(42)24-41(28-13-9-14-29(22-28)46-4)47(44,45)30-19-17-25(2)18-20-30/h6-20,22,26,34H,5,21,23-24H2,1-4H3,(H,39,43)/t26-,34-/m0/s1. The van der Waals surface area contributed by atoms with Gasteiger partial charge in [0.05, 0.1) is 17.7 Å². The Labute approximate surface area is 287 Å². The van der Waals surface area contributed by atoms with Crippen molar-refractivity contribution >= 4 is 50.7 Å². The first kappa shape index (κ1) is 35.8. The maximum Gasteiger partial charge on any atom is 0.264 e. The summed E-state index contributed by atoms with van der Waals surface area (Å²) < 4.78 is 34.9. The van der Waals surface area contributed by atoms with E-state index in [0.717, 1.165) is 15.4 Å². The molecule has 0 unspecified atom stereocenters. The van der Waals surface area contributed by atoms with Crippen molar-refractivity contribution in [3.05, 3.63) is 124 Å². The molecule has 0 spiro atoms. The predicted octanol–water partition coefficient (Wildman–Crippen LogP) is 7.06. The first-order chi connectivity index (χ1) is 22.4. The summed E-state index contributed by atoms with van der Waals surface area (Å²) in [4.78, 5) is 30.0. The average Bonchev–Trinajstić information content (AvgIpc) is 3.06. The van der Waals surface area contributed by atoms with Crippen LogP contribution in [0.15, 0.2) is 102 Å². The molecule has 4 aromatic carbocycles. The van der Waals surface area contributed by atoms with Crippen LogP contribution in [0, 0.1) is 6.92 Å². The Morgan fingerprint density at radius 1 is 0.894 bits per heavy atom. The minimum atomic E-state index is -4.26. The molecule has 0 saturated carbocycles. The second kappa shape index (κ2) is 16.2. The molecule has 2 amide bonds. The number of nitrogens with one attached hydrogen (secondary N) is 1. The van der Waals surface area contributed by atoms with E-state index < -0.39 is 28.5 Å². The van der Waals surface area contributed by atoms with E-state index in [0.29, 0.717) is 27.8 Å². The monoisotopic (exact) mass is 695 g/mol.